The predicted molar refractivity (Wildman–Crippen MR) is 63.0 cm³/mol. The number of aliphatic carboxylic acids is 1. The topological polar surface area (TPSA) is 96.2 Å². The lowest BCUT2D eigenvalue weighted by Crippen LogP contribution is -2.47. The van der Waals surface area contributed by atoms with Gasteiger partial charge in [-0.25, -0.2) is 0 Å². The quantitative estimate of drug-likeness (QED) is 0.578. The maximum atomic E-state index is 10.3. The van der Waals surface area contributed by atoms with Crippen molar-refractivity contribution in [3.05, 3.63) is 0 Å². The Morgan fingerprint density at radius 3 is 2.67 bits per heavy atom. The minimum atomic E-state index is -0.810. The Hall–Kier alpha value is -0.690. The highest BCUT2D eigenvalue weighted by molar-refractivity contribution is 5.66. The van der Waals surface area contributed by atoms with Crippen molar-refractivity contribution in [2.45, 2.75) is 63.6 Å². The second-order valence-corrected chi connectivity index (χ2v) is 4.66. The van der Waals surface area contributed by atoms with Crippen LogP contribution in [0.25, 0.3) is 0 Å². The van der Waals surface area contributed by atoms with Gasteiger partial charge in [0.1, 0.15) is 6.10 Å². The van der Waals surface area contributed by atoms with Crippen molar-refractivity contribution in [3.63, 3.8) is 0 Å². The number of aliphatic hydroxyl groups is 2. The van der Waals surface area contributed by atoms with E-state index in [-0.39, 0.29) is 18.9 Å². The lowest BCUT2D eigenvalue weighted by molar-refractivity contribution is -0.261. The van der Waals surface area contributed by atoms with Crippen molar-refractivity contribution < 1.29 is 29.6 Å². The van der Waals surface area contributed by atoms with Crippen molar-refractivity contribution in [1.82, 2.24) is 0 Å². The molecule has 106 valence electrons. The molecule has 1 rings (SSSR count). The van der Waals surface area contributed by atoms with Crippen LogP contribution in [0.1, 0.15) is 39.0 Å². The van der Waals surface area contributed by atoms with Gasteiger partial charge in [0.2, 0.25) is 0 Å². The molecule has 0 aromatic carbocycles. The van der Waals surface area contributed by atoms with Gasteiger partial charge in [0.15, 0.2) is 6.29 Å². The summed E-state index contributed by atoms with van der Waals surface area (Å²) >= 11 is 0. The van der Waals surface area contributed by atoms with Crippen molar-refractivity contribution in [1.29, 1.82) is 0 Å². The molecular weight excluding hydrogens is 240 g/mol. The number of carboxylic acids is 1. The van der Waals surface area contributed by atoms with E-state index >= 15 is 0 Å². The van der Waals surface area contributed by atoms with E-state index in [4.69, 9.17) is 14.6 Å². The van der Waals surface area contributed by atoms with Crippen LogP contribution in [0.2, 0.25) is 0 Å². The maximum absolute atomic E-state index is 10.3. The van der Waals surface area contributed by atoms with Gasteiger partial charge in [-0.05, 0) is 19.8 Å². The Bertz CT molecular complexity index is 257. The van der Waals surface area contributed by atoms with Gasteiger partial charge in [0.05, 0.1) is 12.2 Å². The number of rotatable bonds is 7. The van der Waals surface area contributed by atoms with Crippen LogP contribution >= 0.6 is 0 Å². The number of ether oxygens (including phenoxy) is 2. The van der Waals surface area contributed by atoms with Gasteiger partial charge < -0.3 is 24.8 Å². The largest absolute Gasteiger partial charge is 0.481 e. The highest BCUT2D eigenvalue weighted by Crippen LogP contribution is 2.21. The monoisotopic (exact) mass is 262 g/mol. The van der Waals surface area contributed by atoms with E-state index in [0.29, 0.717) is 13.0 Å². The summed E-state index contributed by atoms with van der Waals surface area (Å²) < 4.78 is 10.7. The van der Waals surface area contributed by atoms with Gasteiger partial charge in [0, 0.05) is 19.4 Å². The molecule has 1 aliphatic rings. The van der Waals surface area contributed by atoms with Gasteiger partial charge in [-0.2, -0.15) is 0 Å². The van der Waals surface area contributed by atoms with Gasteiger partial charge >= 0.3 is 5.97 Å². The van der Waals surface area contributed by atoms with Gasteiger partial charge in [-0.15, -0.1) is 0 Å². The van der Waals surface area contributed by atoms with Crippen LogP contribution in [-0.2, 0) is 14.3 Å². The van der Waals surface area contributed by atoms with Gasteiger partial charge in [0.25, 0.3) is 0 Å². The second kappa shape index (κ2) is 7.68. The molecule has 4 atom stereocenters. The number of aliphatic hydroxyl groups excluding tert-OH is 2. The van der Waals surface area contributed by atoms with Crippen molar-refractivity contribution in [2.75, 3.05) is 6.61 Å². The van der Waals surface area contributed by atoms with Crippen LogP contribution in [0, 0.1) is 0 Å². The van der Waals surface area contributed by atoms with Crippen LogP contribution in [-0.4, -0.2) is 52.5 Å². The molecule has 1 heterocycles. The summed E-state index contributed by atoms with van der Waals surface area (Å²) in [6.07, 6.45) is 0.0571. The number of unbranched alkanes of at least 4 members (excludes halogenated alkanes) is 2. The Kier molecular flexibility index (Phi) is 6.56. The highest BCUT2D eigenvalue weighted by atomic mass is 16.7. The maximum Gasteiger partial charge on any atom is 0.303 e. The second-order valence-electron chi connectivity index (χ2n) is 4.66. The molecule has 6 nitrogen and oxygen atoms in total. The fraction of sp³-hybridized carbons (Fsp3) is 0.917. The average Bonchev–Trinajstić information content (AvgIpc) is 2.29. The first-order valence-corrected chi connectivity index (χ1v) is 6.35. The van der Waals surface area contributed by atoms with Gasteiger partial charge in [-0.3, -0.25) is 4.79 Å². The number of hydrogen-bond donors (Lipinski definition) is 3. The summed E-state index contributed by atoms with van der Waals surface area (Å²) in [6.45, 7) is 2.16. The molecule has 6 heteroatoms. The molecule has 0 saturated carbocycles. The summed E-state index contributed by atoms with van der Waals surface area (Å²) in [4.78, 5) is 10.3. The highest BCUT2D eigenvalue weighted by Gasteiger charge is 2.34. The number of hydrogen-bond acceptors (Lipinski definition) is 5. The third-order valence-electron chi connectivity index (χ3n) is 3.00. The van der Waals surface area contributed by atoms with Crippen LogP contribution in [0.3, 0.4) is 0 Å². The van der Waals surface area contributed by atoms with E-state index < -0.39 is 24.5 Å². The first-order chi connectivity index (χ1) is 8.50. The van der Waals surface area contributed by atoms with E-state index in [2.05, 4.69) is 0 Å². The molecule has 0 spiro atoms. The van der Waals surface area contributed by atoms with E-state index in [1.165, 1.54) is 0 Å². The summed E-state index contributed by atoms with van der Waals surface area (Å²) in [5, 5.41) is 27.6. The average molecular weight is 262 g/mol. The molecule has 1 aliphatic heterocycles. The minimum absolute atomic E-state index is 0.172. The number of carbonyl (C=O) groups is 1. The van der Waals surface area contributed by atoms with Crippen LogP contribution < -0.4 is 0 Å². The lowest BCUT2D eigenvalue weighted by Gasteiger charge is -2.35. The van der Waals surface area contributed by atoms with Gasteiger partial charge in [-0.1, -0.05) is 6.42 Å². The molecule has 0 aliphatic carbocycles. The van der Waals surface area contributed by atoms with E-state index in [9.17, 15) is 15.0 Å². The Labute approximate surface area is 107 Å². The molecule has 0 bridgehead atoms. The molecule has 0 amide bonds. The van der Waals surface area contributed by atoms with Crippen molar-refractivity contribution in [2.24, 2.45) is 0 Å². The third kappa shape index (κ3) is 5.30. The molecule has 1 unspecified atom stereocenters. The fourth-order valence-corrected chi connectivity index (χ4v) is 1.85. The molecule has 18 heavy (non-hydrogen) atoms. The number of carboxylic acid groups (broad SMARTS) is 1. The summed E-state index contributed by atoms with van der Waals surface area (Å²) in [5.74, 6) is -0.787. The zero-order chi connectivity index (χ0) is 13.5. The van der Waals surface area contributed by atoms with E-state index in [1.807, 2.05) is 0 Å². The molecule has 0 aromatic heterocycles. The van der Waals surface area contributed by atoms with Crippen LogP contribution in [0.5, 0.6) is 0 Å². The van der Waals surface area contributed by atoms with E-state index in [0.717, 1.165) is 12.8 Å². The SMILES string of the molecule is CC1O[C@@H](OCCCCCC(=O)O)[C@H](O)C[C@H]1O. The predicted octanol–water partition coefficient (Wildman–Crippen LogP) is 0.505. The third-order valence-corrected chi connectivity index (χ3v) is 3.00. The van der Waals surface area contributed by atoms with Crippen molar-refractivity contribution in [3.8, 4) is 0 Å². The normalized spacial score (nSPS) is 32.4. The Morgan fingerprint density at radius 2 is 2.00 bits per heavy atom. The molecule has 1 fully saturated rings. The zero-order valence-corrected chi connectivity index (χ0v) is 10.6. The Morgan fingerprint density at radius 1 is 1.28 bits per heavy atom. The fourth-order valence-electron chi connectivity index (χ4n) is 1.85. The standard InChI is InChI=1S/C12H22O6/c1-8-9(13)7-10(14)12(18-8)17-6-4-2-3-5-11(15)16/h8-10,12-14H,2-7H2,1H3,(H,15,16)/t8?,9-,10-,12-/m1/s1. The summed E-state index contributed by atoms with van der Waals surface area (Å²) in [5.41, 5.74) is 0. The molecule has 3 N–H and O–H groups in total. The smallest absolute Gasteiger partial charge is 0.303 e. The molecule has 0 aromatic rings. The van der Waals surface area contributed by atoms with Crippen LogP contribution in [0.15, 0.2) is 0 Å². The molecular formula is C12H22O6. The lowest BCUT2D eigenvalue weighted by atomic mass is 10.0. The first kappa shape index (κ1) is 15.4. The summed E-state index contributed by atoms with van der Waals surface area (Å²) in [6, 6.07) is 0. The minimum Gasteiger partial charge on any atom is -0.481 e. The van der Waals surface area contributed by atoms with Crippen LogP contribution in [0.4, 0.5) is 0 Å². The first-order valence-electron chi connectivity index (χ1n) is 6.35. The van der Waals surface area contributed by atoms with Crippen molar-refractivity contribution >= 4 is 5.97 Å². The van der Waals surface area contributed by atoms with E-state index in [1.54, 1.807) is 6.92 Å². The summed E-state index contributed by atoms with van der Waals surface area (Å²) in [7, 11) is 0. The zero-order valence-electron chi connectivity index (χ0n) is 10.6. The molecule has 0 radical (unpaired) electrons. The molecule has 1 saturated heterocycles. The Balaban J connectivity index is 2.09.